The molecular formula is C30H35Cl2N3O5S. The van der Waals surface area contributed by atoms with Gasteiger partial charge in [-0.25, -0.2) is 8.42 Å². The zero-order valence-corrected chi connectivity index (χ0v) is 25.7. The van der Waals surface area contributed by atoms with Crippen LogP contribution in [0.3, 0.4) is 0 Å². The summed E-state index contributed by atoms with van der Waals surface area (Å²) in [5, 5.41) is 3.87. The lowest BCUT2D eigenvalue weighted by molar-refractivity contribution is -0.140. The minimum Gasteiger partial charge on any atom is -0.497 e. The molecule has 1 atom stereocenters. The number of anilines is 1. The van der Waals surface area contributed by atoms with Crippen LogP contribution in [-0.2, 0) is 26.2 Å². The predicted octanol–water partition coefficient (Wildman–Crippen LogP) is 5.92. The minimum absolute atomic E-state index is 0.0188. The number of nitrogens with zero attached hydrogens (tertiary/aromatic N) is 2. The van der Waals surface area contributed by atoms with Gasteiger partial charge in [-0.05, 0) is 79.1 Å². The summed E-state index contributed by atoms with van der Waals surface area (Å²) >= 11 is 12.1. The Hall–Kier alpha value is -3.27. The van der Waals surface area contributed by atoms with E-state index >= 15 is 0 Å². The SMILES string of the molecule is CCCCNC(=O)C(CC)N(Cc1ccc(Cl)cc1)C(=O)CN(c1ccc(Cl)cc1)S(=O)(=O)c1ccc(OC)cc1. The Balaban J connectivity index is 2.02. The van der Waals surface area contributed by atoms with Crippen LogP contribution >= 0.6 is 23.2 Å². The maximum Gasteiger partial charge on any atom is 0.264 e. The molecule has 8 nitrogen and oxygen atoms in total. The lowest BCUT2D eigenvalue weighted by atomic mass is 10.1. The molecule has 0 radical (unpaired) electrons. The normalized spacial score (nSPS) is 11.9. The van der Waals surface area contributed by atoms with Crippen LogP contribution in [0, 0.1) is 0 Å². The van der Waals surface area contributed by atoms with Crippen LogP contribution in [0.2, 0.25) is 10.0 Å². The lowest BCUT2D eigenvalue weighted by Gasteiger charge is -2.33. The molecular weight excluding hydrogens is 585 g/mol. The van der Waals surface area contributed by atoms with E-state index in [4.69, 9.17) is 27.9 Å². The van der Waals surface area contributed by atoms with Gasteiger partial charge in [-0.2, -0.15) is 0 Å². The second kappa shape index (κ2) is 15.1. The zero-order valence-electron chi connectivity index (χ0n) is 23.3. The number of amides is 2. The molecule has 3 aromatic carbocycles. The maximum absolute atomic E-state index is 14.0. The van der Waals surface area contributed by atoms with Gasteiger partial charge in [0, 0.05) is 23.1 Å². The van der Waals surface area contributed by atoms with Crippen LogP contribution in [0.1, 0.15) is 38.7 Å². The van der Waals surface area contributed by atoms with Crippen molar-refractivity contribution in [1.82, 2.24) is 10.2 Å². The van der Waals surface area contributed by atoms with Gasteiger partial charge in [0.2, 0.25) is 11.8 Å². The second-order valence-electron chi connectivity index (χ2n) is 9.38. The number of halogens is 2. The van der Waals surface area contributed by atoms with Gasteiger partial charge in [0.25, 0.3) is 10.0 Å². The fourth-order valence-electron chi connectivity index (χ4n) is 4.22. The number of sulfonamides is 1. The van der Waals surface area contributed by atoms with Gasteiger partial charge < -0.3 is 15.0 Å². The highest BCUT2D eigenvalue weighted by molar-refractivity contribution is 7.92. The third-order valence-electron chi connectivity index (χ3n) is 6.52. The number of carbonyl (C=O) groups excluding carboxylic acids is 2. The van der Waals surface area contributed by atoms with Gasteiger partial charge in [0.15, 0.2) is 0 Å². The van der Waals surface area contributed by atoms with Crippen LogP contribution in [0.15, 0.2) is 77.7 Å². The molecule has 41 heavy (non-hydrogen) atoms. The number of benzene rings is 3. The second-order valence-corrected chi connectivity index (χ2v) is 12.1. The average Bonchev–Trinajstić information content (AvgIpc) is 2.97. The summed E-state index contributed by atoms with van der Waals surface area (Å²) in [6.07, 6.45) is 2.05. The van der Waals surface area contributed by atoms with E-state index in [0.717, 1.165) is 22.7 Å². The Morgan fingerprint density at radius 1 is 0.902 bits per heavy atom. The van der Waals surface area contributed by atoms with Crippen LogP contribution in [-0.4, -0.2) is 51.4 Å². The topological polar surface area (TPSA) is 96.0 Å². The first-order chi connectivity index (χ1) is 19.6. The monoisotopic (exact) mass is 619 g/mol. The number of methoxy groups -OCH3 is 1. The first-order valence-corrected chi connectivity index (χ1v) is 15.5. The quantitative estimate of drug-likeness (QED) is 0.226. The van der Waals surface area contributed by atoms with Crippen molar-refractivity contribution in [2.45, 2.75) is 50.6 Å². The number of hydrogen-bond donors (Lipinski definition) is 1. The van der Waals surface area contributed by atoms with Gasteiger partial charge in [-0.15, -0.1) is 0 Å². The molecule has 0 aliphatic rings. The van der Waals surface area contributed by atoms with Crippen LogP contribution in [0.4, 0.5) is 5.69 Å². The zero-order chi connectivity index (χ0) is 30.0. The van der Waals surface area contributed by atoms with E-state index < -0.39 is 28.5 Å². The van der Waals surface area contributed by atoms with E-state index in [9.17, 15) is 18.0 Å². The molecule has 3 aromatic rings. The van der Waals surface area contributed by atoms with Crippen molar-refractivity contribution in [1.29, 1.82) is 0 Å². The minimum atomic E-state index is -4.20. The van der Waals surface area contributed by atoms with E-state index in [-0.39, 0.29) is 23.0 Å². The predicted molar refractivity (Wildman–Crippen MR) is 163 cm³/mol. The Morgan fingerprint density at radius 3 is 2.02 bits per heavy atom. The molecule has 0 saturated heterocycles. The molecule has 0 bridgehead atoms. The average molecular weight is 621 g/mol. The molecule has 0 heterocycles. The van der Waals surface area contributed by atoms with Crippen LogP contribution in [0.25, 0.3) is 0 Å². The van der Waals surface area contributed by atoms with Crippen molar-refractivity contribution in [3.05, 3.63) is 88.4 Å². The Labute approximate surface area is 252 Å². The standard InChI is InChI=1S/C30H35Cl2N3O5S/c1-4-6-19-33-30(37)28(5-2)34(20-22-7-9-23(31)10-8-22)29(36)21-35(25-13-11-24(32)12-14-25)41(38,39)27-17-15-26(40-3)16-18-27/h7-18,28H,4-6,19-21H2,1-3H3,(H,33,37). The number of unbranched alkanes of at least 4 members (excludes halogenated alkanes) is 1. The van der Waals surface area contributed by atoms with Gasteiger partial charge >= 0.3 is 0 Å². The maximum atomic E-state index is 14.0. The molecule has 11 heteroatoms. The molecule has 0 spiro atoms. The van der Waals surface area contributed by atoms with E-state index in [1.54, 1.807) is 36.4 Å². The van der Waals surface area contributed by atoms with Crippen molar-refractivity contribution in [3.63, 3.8) is 0 Å². The number of nitrogens with one attached hydrogen (secondary N) is 1. The molecule has 0 aromatic heterocycles. The van der Waals surface area contributed by atoms with Crippen LogP contribution in [0.5, 0.6) is 5.75 Å². The number of rotatable bonds is 14. The largest absolute Gasteiger partial charge is 0.497 e. The van der Waals surface area contributed by atoms with E-state index in [1.807, 2.05) is 13.8 Å². The van der Waals surface area contributed by atoms with E-state index in [2.05, 4.69) is 5.32 Å². The highest BCUT2D eigenvalue weighted by Crippen LogP contribution is 2.27. The Kier molecular flexibility index (Phi) is 11.9. The highest BCUT2D eigenvalue weighted by Gasteiger charge is 2.33. The molecule has 3 rings (SSSR count). The Morgan fingerprint density at radius 2 is 1.49 bits per heavy atom. The van der Waals surface area contributed by atoms with Crippen LogP contribution < -0.4 is 14.4 Å². The molecule has 0 aliphatic carbocycles. The fraction of sp³-hybridized carbons (Fsp3) is 0.333. The van der Waals surface area contributed by atoms with Crippen molar-refractivity contribution in [3.8, 4) is 5.75 Å². The number of ether oxygens (including phenoxy) is 1. The first kappa shape index (κ1) is 32.2. The third-order valence-corrected chi connectivity index (χ3v) is 8.81. The summed E-state index contributed by atoms with van der Waals surface area (Å²) in [6, 6.07) is 18.2. The third kappa shape index (κ3) is 8.61. The number of hydrogen-bond acceptors (Lipinski definition) is 5. The summed E-state index contributed by atoms with van der Waals surface area (Å²) in [7, 11) is -2.71. The van der Waals surface area contributed by atoms with Crippen molar-refractivity contribution in [2.24, 2.45) is 0 Å². The molecule has 1 unspecified atom stereocenters. The molecule has 1 N–H and O–H groups in total. The highest BCUT2D eigenvalue weighted by atomic mass is 35.5. The van der Waals surface area contributed by atoms with Crippen molar-refractivity contribution in [2.75, 3.05) is 24.5 Å². The van der Waals surface area contributed by atoms with Crippen molar-refractivity contribution < 1.29 is 22.7 Å². The molecule has 0 aliphatic heterocycles. The molecule has 0 fully saturated rings. The van der Waals surface area contributed by atoms with Gasteiger partial charge in [-0.3, -0.25) is 13.9 Å². The van der Waals surface area contributed by atoms with Gasteiger partial charge in [0.1, 0.15) is 18.3 Å². The molecule has 220 valence electrons. The summed E-state index contributed by atoms with van der Waals surface area (Å²) in [6.45, 7) is 3.87. The molecule has 0 saturated carbocycles. The van der Waals surface area contributed by atoms with E-state index in [1.165, 1.54) is 48.4 Å². The summed E-state index contributed by atoms with van der Waals surface area (Å²) in [5.41, 5.74) is 1.00. The van der Waals surface area contributed by atoms with Gasteiger partial charge in [-0.1, -0.05) is 55.6 Å². The lowest BCUT2D eigenvalue weighted by Crippen LogP contribution is -2.52. The Bertz CT molecular complexity index is 1400. The van der Waals surface area contributed by atoms with Crippen molar-refractivity contribution >= 4 is 50.7 Å². The first-order valence-electron chi connectivity index (χ1n) is 13.3. The summed E-state index contributed by atoms with van der Waals surface area (Å²) in [4.78, 5) is 28.7. The smallest absolute Gasteiger partial charge is 0.264 e. The summed E-state index contributed by atoms with van der Waals surface area (Å²) < 4.78 is 34.0. The fourth-order valence-corrected chi connectivity index (χ4v) is 5.89. The number of carbonyl (C=O) groups is 2. The van der Waals surface area contributed by atoms with Gasteiger partial charge in [0.05, 0.1) is 17.7 Å². The van der Waals surface area contributed by atoms with E-state index in [0.29, 0.717) is 28.8 Å². The summed E-state index contributed by atoms with van der Waals surface area (Å²) in [5.74, 6) is -0.337. The molecule has 2 amide bonds.